The fraction of sp³-hybridized carbons (Fsp3) is 0.286. The molecule has 1 N–H and O–H groups in total. The van der Waals surface area contributed by atoms with E-state index in [-0.39, 0.29) is 5.91 Å². The second kappa shape index (κ2) is 8.38. The first kappa shape index (κ1) is 17.1. The van der Waals surface area contributed by atoms with Crippen molar-refractivity contribution in [1.29, 1.82) is 0 Å². The summed E-state index contributed by atoms with van der Waals surface area (Å²) in [6, 6.07) is 18.3. The molecule has 1 aromatic heterocycles. The fourth-order valence-corrected chi connectivity index (χ4v) is 2.82. The van der Waals surface area contributed by atoms with Crippen molar-refractivity contribution in [1.82, 2.24) is 9.88 Å². The lowest BCUT2D eigenvalue weighted by atomic mass is 10.2. The molecule has 130 valence electrons. The monoisotopic (exact) mass is 336 g/mol. The summed E-state index contributed by atoms with van der Waals surface area (Å²) in [5.41, 5.74) is 2.47. The van der Waals surface area contributed by atoms with Crippen LogP contribution < -0.4 is 10.1 Å². The van der Waals surface area contributed by atoms with Gasteiger partial charge in [0.1, 0.15) is 5.75 Å². The lowest BCUT2D eigenvalue weighted by Gasteiger charge is -2.09. The molecule has 25 heavy (non-hydrogen) atoms. The molecule has 0 aliphatic heterocycles. The second-order valence-electron chi connectivity index (χ2n) is 6.01. The van der Waals surface area contributed by atoms with Crippen LogP contribution in [0.1, 0.15) is 18.9 Å². The standard InChI is InChI=1S/C21H24N2O2/c1-2-17-7-9-19(10-8-17)25-16-12-21(24)22-13-15-23-14-11-18-5-3-4-6-20(18)23/h3-11,14H,2,12-13,15-16H2,1H3,(H,22,24). The van der Waals surface area contributed by atoms with Crippen molar-refractivity contribution in [3.05, 3.63) is 66.4 Å². The van der Waals surface area contributed by atoms with Gasteiger partial charge in [-0.3, -0.25) is 4.79 Å². The molecule has 0 fully saturated rings. The van der Waals surface area contributed by atoms with Gasteiger partial charge >= 0.3 is 0 Å². The first-order valence-corrected chi connectivity index (χ1v) is 8.78. The van der Waals surface area contributed by atoms with E-state index in [1.807, 2.05) is 24.3 Å². The lowest BCUT2D eigenvalue weighted by Crippen LogP contribution is -2.28. The van der Waals surface area contributed by atoms with Crippen molar-refractivity contribution in [2.45, 2.75) is 26.3 Å². The van der Waals surface area contributed by atoms with Gasteiger partial charge in [0.25, 0.3) is 0 Å². The van der Waals surface area contributed by atoms with E-state index in [4.69, 9.17) is 4.74 Å². The van der Waals surface area contributed by atoms with Crippen molar-refractivity contribution in [2.24, 2.45) is 0 Å². The van der Waals surface area contributed by atoms with E-state index >= 15 is 0 Å². The van der Waals surface area contributed by atoms with E-state index in [1.165, 1.54) is 16.5 Å². The van der Waals surface area contributed by atoms with Crippen LogP contribution in [-0.2, 0) is 17.8 Å². The normalized spacial score (nSPS) is 10.8. The molecular weight excluding hydrogens is 312 g/mol. The molecule has 0 radical (unpaired) electrons. The number of benzene rings is 2. The second-order valence-corrected chi connectivity index (χ2v) is 6.01. The highest BCUT2D eigenvalue weighted by Crippen LogP contribution is 2.14. The van der Waals surface area contributed by atoms with Gasteiger partial charge in [0.2, 0.25) is 5.91 Å². The van der Waals surface area contributed by atoms with Gasteiger partial charge in [0.15, 0.2) is 0 Å². The maximum absolute atomic E-state index is 11.9. The Bertz CT molecular complexity index is 821. The zero-order valence-corrected chi connectivity index (χ0v) is 14.6. The molecule has 1 amide bonds. The van der Waals surface area contributed by atoms with Gasteiger partial charge in [0, 0.05) is 24.8 Å². The third kappa shape index (κ3) is 4.63. The molecule has 0 aliphatic carbocycles. The molecule has 0 unspecified atom stereocenters. The van der Waals surface area contributed by atoms with Gasteiger partial charge in [-0.25, -0.2) is 0 Å². The molecule has 1 heterocycles. The highest BCUT2D eigenvalue weighted by atomic mass is 16.5. The third-order valence-electron chi connectivity index (χ3n) is 4.28. The SMILES string of the molecule is CCc1ccc(OCCC(=O)NCCn2ccc3ccccc32)cc1. The number of carbonyl (C=O) groups is 1. The Labute approximate surface area is 148 Å². The van der Waals surface area contributed by atoms with Crippen LogP contribution in [0.3, 0.4) is 0 Å². The molecule has 0 saturated heterocycles. The zero-order chi connectivity index (χ0) is 17.5. The summed E-state index contributed by atoms with van der Waals surface area (Å²) < 4.78 is 7.77. The molecule has 0 atom stereocenters. The van der Waals surface area contributed by atoms with Crippen LogP contribution >= 0.6 is 0 Å². The molecule has 0 spiro atoms. The van der Waals surface area contributed by atoms with Crippen LogP contribution in [0.25, 0.3) is 10.9 Å². The Hall–Kier alpha value is -2.75. The maximum Gasteiger partial charge on any atom is 0.223 e. The summed E-state index contributed by atoms with van der Waals surface area (Å²) in [6.45, 7) is 3.89. The van der Waals surface area contributed by atoms with E-state index in [0.29, 0.717) is 19.6 Å². The molecule has 3 aromatic rings. The van der Waals surface area contributed by atoms with Gasteiger partial charge in [-0.15, -0.1) is 0 Å². The number of fused-ring (bicyclic) bond motifs is 1. The fourth-order valence-electron chi connectivity index (χ4n) is 2.82. The molecule has 4 nitrogen and oxygen atoms in total. The van der Waals surface area contributed by atoms with Gasteiger partial charge in [0.05, 0.1) is 13.0 Å². The summed E-state index contributed by atoms with van der Waals surface area (Å²) >= 11 is 0. The van der Waals surface area contributed by atoms with Gasteiger partial charge in [-0.1, -0.05) is 37.3 Å². The number of para-hydroxylation sites is 1. The molecule has 4 heteroatoms. The summed E-state index contributed by atoms with van der Waals surface area (Å²) in [7, 11) is 0. The smallest absolute Gasteiger partial charge is 0.223 e. The number of aryl methyl sites for hydroxylation is 1. The van der Waals surface area contributed by atoms with Crippen LogP contribution in [0, 0.1) is 0 Å². The maximum atomic E-state index is 11.9. The summed E-state index contributed by atoms with van der Waals surface area (Å²) in [5, 5.41) is 4.17. The van der Waals surface area contributed by atoms with Crippen LogP contribution in [0.4, 0.5) is 0 Å². The third-order valence-corrected chi connectivity index (χ3v) is 4.28. The van der Waals surface area contributed by atoms with Crippen LogP contribution in [0.5, 0.6) is 5.75 Å². The molecule has 0 bridgehead atoms. The number of hydrogen-bond acceptors (Lipinski definition) is 2. The van der Waals surface area contributed by atoms with Crippen LogP contribution in [0.15, 0.2) is 60.8 Å². The number of carbonyl (C=O) groups excluding carboxylic acids is 1. The molecule has 2 aromatic carbocycles. The van der Waals surface area contributed by atoms with Crippen molar-refractivity contribution < 1.29 is 9.53 Å². The number of rotatable bonds is 8. The van der Waals surface area contributed by atoms with E-state index in [0.717, 1.165) is 18.7 Å². The molecule has 0 saturated carbocycles. The van der Waals surface area contributed by atoms with Gasteiger partial charge in [-0.05, 0) is 41.6 Å². The summed E-state index contributed by atoms with van der Waals surface area (Å²) in [6.07, 6.45) is 3.43. The Morgan fingerprint density at radius 2 is 1.88 bits per heavy atom. The number of hydrogen-bond donors (Lipinski definition) is 1. The topological polar surface area (TPSA) is 43.3 Å². The Morgan fingerprint density at radius 1 is 1.08 bits per heavy atom. The van der Waals surface area contributed by atoms with E-state index in [2.05, 4.69) is 53.3 Å². The largest absolute Gasteiger partial charge is 0.493 e. The van der Waals surface area contributed by atoms with E-state index in [9.17, 15) is 4.79 Å². The van der Waals surface area contributed by atoms with Crippen molar-refractivity contribution in [3.63, 3.8) is 0 Å². The van der Waals surface area contributed by atoms with Crippen molar-refractivity contribution in [3.8, 4) is 5.75 Å². The minimum Gasteiger partial charge on any atom is -0.493 e. The zero-order valence-electron chi connectivity index (χ0n) is 14.6. The number of ether oxygens (including phenoxy) is 1. The molecule has 0 aliphatic rings. The predicted octanol–water partition coefficient (Wildman–Crippen LogP) is 3.79. The molecule has 3 rings (SSSR count). The lowest BCUT2D eigenvalue weighted by molar-refractivity contribution is -0.121. The first-order chi connectivity index (χ1) is 12.3. The minimum atomic E-state index is 0.0154. The average Bonchev–Trinajstić information content (AvgIpc) is 3.06. The number of nitrogens with zero attached hydrogens (tertiary/aromatic N) is 1. The van der Waals surface area contributed by atoms with Crippen molar-refractivity contribution >= 4 is 16.8 Å². The minimum absolute atomic E-state index is 0.0154. The van der Waals surface area contributed by atoms with E-state index in [1.54, 1.807) is 0 Å². The van der Waals surface area contributed by atoms with E-state index < -0.39 is 0 Å². The Balaban J connectivity index is 1.38. The Kier molecular flexibility index (Phi) is 5.73. The Morgan fingerprint density at radius 3 is 2.68 bits per heavy atom. The molecular formula is C21H24N2O2. The first-order valence-electron chi connectivity index (χ1n) is 8.78. The van der Waals surface area contributed by atoms with Crippen molar-refractivity contribution in [2.75, 3.05) is 13.2 Å². The quantitative estimate of drug-likeness (QED) is 0.680. The number of nitrogens with one attached hydrogen (secondary N) is 1. The average molecular weight is 336 g/mol. The number of amides is 1. The summed E-state index contributed by atoms with van der Waals surface area (Å²) in [4.78, 5) is 11.9. The highest BCUT2D eigenvalue weighted by Gasteiger charge is 2.03. The van der Waals surface area contributed by atoms with Gasteiger partial charge < -0.3 is 14.6 Å². The number of aromatic nitrogens is 1. The van der Waals surface area contributed by atoms with Gasteiger partial charge in [-0.2, -0.15) is 0 Å². The van der Waals surface area contributed by atoms with Crippen LogP contribution in [0.2, 0.25) is 0 Å². The predicted molar refractivity (Wildman–Crippen MR) is 101 cm³/mol. The highest BCUT2D eigenvalue weighted by molar-refractivity contribution is 5.80. The summed E-state index contributed by atoms with van der Waals surface area (Å²) in [5.74, 6) is 0.824. The van der Waals surface area contributed by atoms with Crippen LogP contribution in [-0.4, -0.2) is 23.6 Å².